The SMILES string of the molecule is O=c1c(-c2cccc(F)c2C(F)(F)F)nn(Cc2ccc(F)cc2F)c2cc(Cl)ccc12. The molecule has 0 unspecified atom stereocenters. The third-order valence-electron chi connectivity index (χ3n) is 4.81. The Bertz CT molecular complexity index is 1410. The second-order valence-electron chi connectivity index (χ2n) is 6.89. The quantitative estimate of drug-likeness (QED) is 0.335. The second kappa shape index (κ2) is 7.98. The first-order valence-corrected chi connectivity index (χ1v) is 9.44. The maximum atomic E-state index is 14.2. The van der Waals surface area contributed by atoms with Crippen LogP contribution in [0.25, 0.3) is 22.2 Å². The number of benzene rings is 3. The third-order valence-corrected chi connectivity index (χ3v) is 5.04. The molecule has 32 heavy (non-hydrogen) atoms. The largest absolute Gasteiger partial charge is 0.419 e. The summed E-state index contributed by atoms with van der Waals surface area (Å²) in [6.45, 7) is -0.354. The van der Waals surface area contributed by atoms with Crippen LogP contribution in [0.1, 0.15) is 11.1 Å². The van der Waals surface area contributed by atoms with Crippen molar-refractivity contribution in [1.82, 2.24) is 9.78 Å². The van der Waals surface area contributed by atoms with Crippen molar-refractivity contribution in [2.75, 3.05) is 0 Å². The van der Waals surface area contributed by atoms with Gasteiger partial charge < -0.3 is 0 Å². The van der Waals surface area contributed by atoms with Gasteiger partial charge in [-0.2, -0.15) is 18.3 Å². The second-order valence-corrected chi connectivity index (χ2v) is 7.33. The molecule has 0 bridgehead atoms. The summed E-state index contributed by atoms with van der Waals surface area (Å²) < 4.78 is 83.3. The first-order valence-electron chi connectivity index (χ1n) is 9.06. The van der Waals surface area contributed by atoms with Crippen LogP contribution in [-0.2, 0) is 12.7 Å². The predicted molar refractivity (Wildman–Crippen MR) is 107 cm³/mol. The Morgan fingerprint density at radius 2 is 1.69 bits per heavy atom. The minimum absolute atomic E-state index is 0.0370. The van der Waals surface area contributed by atoms with Crippen molar-refractivity contribution < 1.29 is 26.3 Å². The van der Waals surface area contributed by atoms with Crippen molar-refractivity contribution in [2.45, 2.75) is 12.7 Å². The van der Waals surface area contributed by atoms with Crippen LogP contribution in [0, 0.1) is 17.5 Å². The van der Waals surface area contributed by atoms with Gasteiger partial charge in [0.2, 0.25) is 5.43 Å². The first-order chi connectivity index (χ1) is 15.1. The van der Waals surface area contributed by atoms with Crippen molar-refractivity contribution in [2.24, 2.45) is 0 Å². The van der Waals surface area contributed by atoms with Gasteiger partial charge in [-0.3, -0.25) is 9.48 Å². The van der Waals surface area contributed by atoms with E-state index in [0.717, 1.165) is 28.9 Å². The summed E-state index contributed by atoms with van der Waals surface area (Å²) in [7, 11) is 0. The van der Waals surface area contributed by atoms with Gasteiger partial charge in [-0.1, -0.05) is 29.8 Å². The number of fused-ring (bicyclic) bond motifs is 1. The molecule has 3 nitrogen and oxygen atoms in total. The smallest absolute Gasteiger partial charge is 0.287 e. The van der Waals surface area contributed by atoms with Crippen LogP contribution < -0.4 is 5.43 Å². The van der Waals surface area contributed by atoms with E-state index >= 15 is 0 Å². The zero-order valence-electron chi connectivity index (χ0n) is 15.9. The maximum Gasteiger partial charge on any atom is 0.419 e. The number of hydrogen-bond acceptors (Lipinski definition) is 2. The van der Waals surface area contributed by atoms with Crippen molar-refractivity contribution in [3.8, 4) is 11.3 Å². The van der Waals surface area contributed by atoms with E-state index in [0.29, 0.717) is 12.1 Å². The lowest BCUT2D eigenvalue weighted by atomic mass is 10.0. The molecule has 0 saturated carbocycles. The lowest BCUT2D eigenvalue weighted by Gasteiger charge is -2.16. The van der Waals surface area contributed by atoms with Crippen LogP contribution in [-0.4, -0.2) is 9.78 Å². The van der Waals surface area contributed by atoms with Crippen LogP contribution in [0.4, 0.5) is 26.3 Å². The highest BCUT2D eigenvalue weighted by atomic mass is 35.5. The molecule has 4 rings (SSSR count). The first kappa shape index (κ1) is 21.9. The summed E-state index contributed by atoms with van der Waals surface area (Å²) in [6, 6.07) is 9.35. The Morgan fingerprint density at radius 1 is 0.938 bits per heavy atom. The highest BCUT2D eigenvalue weighted by molar-refractivity contribution is 6.31. The normalized spacial score (nSPS) is 11.8. The fourth-order valence-electron chi connectivity index (χ4n) is 3.38. The lowest BCUT2D eigenvalue weighted by Crippen LogP contribution is -2.20. The molecule has 0 radical (unpaired) electrons. The summed E-state index contributed by atoms with van der Waals surface area (Å²) in [5, 5.41) is 4.14. The molecular weight excluding hydrogens is 458 g/mol. The molecule has 0 aliphatic carbocycles. The average molecular weight is 469 g/mol. The number of halogens is 7. The van der Waals surface area contributed by atoms with Crippen molar-refractivity contribution in [1.29, 1.82) is 0 Å². The number of nitrogens with zero attached hydrogens (tertiary/aromatic N) is 2. The van der Waals surface area contributed by atoms with Gasteiger partial charge in [0.15, 0.2) is 0 Å². The molecule has 0 saturated heterocycles. The van der Waals surface area contributed by atoms with Gasteiger partial charge in [-0.15, -0.1) is 0 Å². The molecule has 0 aliphatic heterocycles. The van der Waals surface area contributed by atoms with Gasteiger partial charge in [0.1, 0.15) is 28.7 Å². The fraction of sp³-hybridized carbons (Fsp3) is 0.0909. The monoisotopic (exact) mass is 468 g/mol. The summed E-state index contributed by atoms with van der Waals surface area (Å²) in [6.07, 6.45) is -5.10. The molecule has 0 fully saturated rings. The molecule has 1 heterocycles. The van der Waals surface area contributed by atoms with E-state index in [9.17, 15) is 31.1 Å². The van der Waals surface area contributed by atoms with Crippen LogP contribution in [0.3, 0.4) is 0 Å². The molecule has 3 aromatic carbocycles. The Morgan fingerprint density at radius 3 is 2.38 bits per heavy atom. The highest BCUT2D eigenvalue weighted by Crippen LogP contribution is 2.37. The van der Waals surface area contributed by atoms with Gasteiger partial charge in [-0.25, -0.2) is 13.2 Å². The van der Waals surface area contributed by atoms with E-state index < -0.39 is 45.9 Å². The minimum Gasteiger partial charge on any atom is -0.287 e. The molecule has 0 spiro atoms. The Labute approximate surface area is 181 Å². The zero-order chi connectivity index (χ0) is 23.2. The summed E-state index contributed by atoms with van der Waals surface area (Å²) >= 11 is 6.00. The van der Waals surface area contributed by atoms with Crippen molar-refractivity contribution >= 4 is 22.5 Å². The van der Waals surface area contributed by atoms with Crippen LogP contribution in [0.15, 0.2) is 59.4 Å². The predicted octanol–water partition coefficient (Wildman–Crippen LogP) is 6.20. The Kier molecular flexibility index (Phi) is 5.46. The minimum atomic E-state index is -5.10. The van der Waals surface area contributed by atoms with Gasteiger partial charge in [-0.05, 0) is 30.3 Å². The molecule has 0 N–H and O–H groups in total. The van der Waals surface area contributed by atoms with Gasteiger partial charge >= 0.3 is 6.18 Å². The summed E-state index contributed by atoms with van der Waals surface area (Å²) in [5.74, 6) is -3.30. The standard InChI is InChI=1S/C22H11ClF6N2O/c23-12-5-7-14-18(8-12)31(10-11-4-6-13(24)9-17(11)26)30-20(21(14)32)15-2-1-3-16(25)19(15)22(27,28)29/h1-9H,10H2. The number of hydrogen-bond donors (Lipinski definition) is 0. The molecular formula is C22H11ClF6N2O. The van der Waals surface area contributed by atoms with E-state index in [1.807, 2.05) is 0 Å². The van der Waals surface area contributed by atoms with E-state index in [2.05, 4.69) is 5.10 Å². The molecule has 10 heteroatoms. The topological polar surface area (TPSA) is 34.9 Å². The summed E-state index contributed by atoms with van der Waals surface area (Å²) in [4.78, 5) is 13.0. The van der Waals surface area contributed by atoms with Crippen LogP contribution >= 0.6 is 11.6 Å². The number of rotatable bonds is 3. The molecule has 0 aliphatic rings. The third kappa shape index (κ3) is 3.95. The van der Waals surface area contributed by atoms with Gasteiger partial charge in [0.25, 0.3) is 0 Å². The molecule has 164 valence electrons. The van der Waals surface area contributed by atoms with E-state index in [4.69, 9.17) is 11.6 Å². The van der Waals surface area contributed by atoms with Crippen LogP contribution in [0.5, 0.6) is 0 Å². The fourth-order valence-corrected chi connectivity index (χ4v) is 3.54. The highest BCUT2D eigenvalue weighted by Gasteiger charge is 2.38. The lowest BCUT2D eigenvalue weighted by molar-refractivity contribution is -0.139. The summed E-state index contributed by atoms with van der Waals surface area (Å²) in [5.41, 5.74) is -3.88. The zero-order valence-corrected chi connectivity index (χ0v) is 16.6. The van der Waals surface area contributed by atoms with Gasteiger partial charge in [0, 0.05) is 27.6 Å². The average Bonchev–Trinajstić information content (AvgIpc) is 2.70. The van der Waals surface area contributed by atoms with E-state index in [1.165, 1.54) is 18.2 Å². The molecule has 0 amide bonds. The molecule has 4 aromatic rings. The molecule has 1 aromatic heterocycles. The number of aromatic nitrogens is 2. The maximum absolute atomic E-state index is 14.2. The van der Waals surface area contributed by atoms with Gasteiger partial charge in [0.05, 0.1) is 12.1 Å². The van der Waals surface area contributed by atoms with E-state index in [-0.39, 0.29) is 28.0 Å². The Hall–Kier alpha value is -3.33. The number of alkyl halides is 3. The molecule has 0 atom stereocenters. The van der Waals surface area contributed by atoms with E-state index in [1.54, 1.807) is 0 Å². The Balaban J connectivity index is 2.03. The van der Waals surface area contributed by atoms with Crippen LogP contribution in [0.2, 0.25) is 5.02 Å². The van der Waals surface area contributed by atoms with Crippen molar-refractivity contribution in [3.05, 3.63) is 98.4 Å². The van der Waals surface area contributed by atoms with Crippen molar-refractivity contribution in [3.63, 3.8) is 0 Å².